The van der Waals surface area contributed by atoms with E-state index in [0.717, 1.165) is 0 Å². The van der Waals surface area contributed by atoms with Crippen LogP contribution < -0.4 is 10.0 Å². The summed E-state index contributed by atoms with van der Waals surface area (Å²) in [5.41, 5.74) is 1.74. The highest BCUT2D eigenvalue weighted by Crippen LogP contribution is 2.34. The number of hydrogen-bond acceptors (Lipinski definition) is 6. The summed E-state index contributed by atoms with van der Waals surface area (Å²) in [6.07, 6.45) is 1.20. The lowest BCUT2D eigenvalue weighted by Gasteiger charge is -2.09. The molecule has 0 aliphatic carbocycles. The van der Waals surface area contributed by atoms with Crippen LogP contribution in [0.2, 0.25) is 0 Å². The number of sulfonamides is 1. The molecule has 0 unspecified atom stereocenters. The topological polar surface area (TPSA) is 139 Å². The number of carboxylic acids is 1. The van der Waals surface area contributed by atoms with Crippen LogP contribution in [-0.2, 0) is 27.0 Å². The van der Waals surface area contributed by atoms with Crippen molar-refractivity contribution in [2.24, 2.45) is 0 Å². The highest BCUT2D eigenvalue weighted by Gasteiger charge is 2.25. The van der Waals surface area contributed by atoms with Crippen LogP contribution in [0.15, 0.2) is 34.7 Å². The molecule has 0 radical (unpaired) electrons. The van der Waals surface area contributed by atoms with Crippen molar-refractivity contribution in [3.63, 3.8) is 0 Å². The number of carbonyl (C=O) groups excluding carboxylic acids is 1. The number of aliphatic carboxylic acids is 1. The fraction of sp³-hybridized carbons (Fsp3) is 0.348. The fourth-order valence-corrected chi connectivity index (χ4v) is 4.71. The van der Waals surface area contributed by atoms with E-state index >= 15 is 0 Å². The van der Waals surface area contributed by atoms with E-state index in [-0.39, 0.29) is 35.7 Å². The third kappa shape index (κ3) is 5.97. The van der Waals surface area contributed by atoms with E-state index in [1.54, 1.807) is 6.07 Å². The largest absolute Gasteiger partial charge is 0.481 e. The van der Waals surface area contributed by atoms with Crippen molar-refractivity contribution in [2.45, 2.75) is 38.4 Å². The summed E-state index contributed by atoms with van der Waals surface area (Å²) >= 11 is 0. The maximum Gasteiger partial charge on any atom is 0.303 e. The van der Waals surface area contributed by atoms with Gasteiger partial charge < -0.3 is 14.8 Å². The van der Waals surface area contributed by atoms with Crippen LogP contribution in [0.25, 0.3) is 22.4 Å². The van der Waals surface area contributed by atoms with E-state index in [9.17, 15) is 22.4 Å². The first-order chi connectivity index (χ1) is 16.1. The maximum absolute atomic E-state index is 13.4. The minimum atomic E-state index is -3.74. The zero-order valence-corrected chi connectivity index (χ0v) is 19.7. The molecule has 3 aromatic rings. The number of hydrogen-bond donors (Lipinski definition) is 3. The summed E-state index contributed by atoms with van der Waals surface area (Å²) in [7, 11) is -2.26. The van der Waals surface area contributed by atoms with Gasteiger partial charge in [0.25, 0.3) is 5.91 Å². The molecule has 3 rings (SSSR count). The molecule has 0 saturated heterocycles. The second kappa shape index (κ2) is 10.7. The number of furan rings is 1. The van der Waals surface area contributed by atoms with Crippen LogP contribution in [0, 0.1) is 5.82 Å². The van der Waals surface area contributed by atoms with Gasteiger partial charge in [-0.1, -0.05) is 6.92 Å². The zero-order valence-electron chi connectivity index (χ0n) is 18.9. The van der Waals surface area contributed by atoms with Gasteiger partial charge in [-0.15, -0.1) is 0 Å². The number of halogens is 1. The van der Waals surface area contributed by atoms with Crippen molar-refractivity contribution in [3.05, 3.63) is 53.0 Å². The number of pyridine rings is 1. The molecule has 11 heteroatoms. The fourth-order valence-electron chi connectivity index (χ4n) is 3.55. The Bertz CT molecular complexity index is 1300. The number of benzene rings is 1. The summed E-state index contributed by atoms with van der Waals surface area (Å²) in [6.45, 7) is 1.97. The molecule has 2 aromatic heterocycles. The van der Waals surface area contributed by atoms with Crippen LogP contribution in [0.1, 0.15) is 47.8 Å². The Morgan fingerprint density at radius 1 is 1.18 bits per heavy atom. The summed E-state index contributed by atoms with van der Waals surface area (Å²) in [5.74, 6) is -1.96. The molecule has 0 aliphatic rings. The van der Waals surface area contributed by atoms with Gasteiger partial charge in [0.15, 0.2) is 0 Å². The molecule has 0 bridgehead atoms. The molecule has 9 nitrogen and oxygen atoms in total. The quantitative estimate of drug-likeness (QED) is 0.350. The number of rotatable bonds is 11. The Labute approximate surface area is 196 Å². The number of carboxylic acid groups (broad SMARTS) is 1. The van der Waals surface area contributed by atoms with E-state index in [1.165, 1.54) is 31.3 Å². The molecule has 2 heterocycles. The lowest BCUT2D eigenvalue weighted by molar-refractivity contribution is -0.137. The van der Waals surface area contributed by atoms with Crippen molar-refractivity contribution in [1.29, 1.82) is 0 Å². The Morgan fingerprint density at radius 3 is 2.50 bits per heavy atom. The van der Waals surface area contributed by atoms with Gasteiger partial charge in [-0.25, -0.2) is 22.5 Å². The molecule has 0 aliphatic heterocycles. The Morgan fingerprint density at radius 2 is 1.88 bits per heavy atom. The number of unbranched alkanes of at least 4 members (excludes halogenated alkanes) is 1. The SMILES string of the molecule is CCc1cc2c(C(=O)NC)c(-c3ccc(F)cc3)oc2nc1CS(=O)(=O)NCCCCC(=O)O. The normalized spacial score (nSPS) is 11.6. The predicted molar refractivity (Wildman–Crippen MR) is 124 cm³/mol. The standard InChI is InChI=1S/C23H26FN3O6S/c1-3-14-12-17-20(22(30)25-2)21(15-7-9-16(24)10-8-15)33-23(17)27-18(14)13-34(31,32)26-11-5-4-6-19(28)29/h7-10,12,26H,3-6,11,13H2,1-2H3,(H,25,30)(H,28,29). The first kappa shape index (κ1) is 25.3. The molecule has 0 fully saturated rings. The summed E-state index contributed by atoms with van der Waals surface area (Å²) in [6, 6.07) is 7.17. The lowest BCUT2D eigenvalue weighted by atomic mass is 10.0. The Hall–Kier alpha value is -3.31. The van der Waals surface area contributed by atoms with E-state index in [4.69, 9.17) is 9.52 Å². The molecular formula is C23H26FN3O6S. The van der Waals surface area contributed by atoms with Gasteiger partial charge in [-0.3, -0.25) is 9.59 Å². The number of aromatic nitrogens is 1. The number of amides is 1. The number of nitrogens with one attached hydrogen (secondary N) is 2. The minimum absolute atomic E-state index is 0.0253. The molecule has 1 amide bonds. The number of aryl methyl sites for hydroxylation is 1. The summed E-state index contributed by atoms with van der Waals surface area (Å²) in [5, 5.41) is 11.7. The first-order valence-corrected chi connectivity index (χ1v) is 12.4. The Balaban J connectivity index is 1.95. The highest BCUT2D eigenvalue weighted by molar-refractivity contribution is 7.88. The minimum Gasteiger partial charge on any atom is -0.481 e. The van der Waals surface area contributed by atoms with Crippen LogP contribution >= 0.6 is 0 Å². The third-order valence-electron chi connectivity index (χ3n) is 5.26. The second-order valence-corrected chi connectivity index (χ2v) is 9.50. The van der Waals surface area contributed by atoms with Crippen LogP contribution in [0.4, 0.5) is 4.39 Å². The van der Waals surface area contributed by atoms with Crippen molar-refractivity contribution >= 4 is 33.0 Å². The van der Waals surface area contributed by atoms with Gasteiger partial charge in [0.1, 0.15) is 17.3 Å². The average molecular weight is 492 g/mol. The monoisotopic (exact) mass is 491 g/mol. The molecule has 0 atom stereocenters. The van der Waals surface area contributed by atoms with Crippen LogP contribution in [0.3, 0.4) is 0 Å². The van der Waals surface area contributed by atoms with Gasteiger partial charge in [-0.05, 0) is 55.2 Å². The van der Waals surface area contributed by atoms with Crippen molar-refractivity contribution in [2.75, 3.05) is 13.6 Å². The van der Waals surface area contributed by atoms with Crippen molar-refractivity contribution in [1.82, 2.24) is 15.0 Å². The molecule has 0 spiro atoms. The van der Waals surface area contributed by atoms with E-state index < -0.39 is 33.5 Å². The van der Waals surface area contributed by atoms with Gasteiger partial charge in [0, 0.05) is 25.6 Å². The summed E-state index contributed by atoms with van der Waals surface area (Å²) in [4.78, 5) is 27.7. The Kier molecular flexibility index (Phi) is 8.00. The molecule has 3 N–H and O–H groups in total. The number of carbonyl (C=O) groups is 2. The average Bonchev–Trinajstić information content (AvgIpc) is 3.15. The van der Waals surface area contributed by atoms with E-state index in [0.29, 0.717) is 35.8 Å². The smallest absolute Gasteiger partial charge is 0.303 e. The van der Waals surface area contributed by atoms with Crippen LogP contribution in [-0.4, -0.2) is 44.0 Å². The maximum atomic E-state index is 13.4. The number of fused-ring (bicyclic) bond motifs is 1. The van der Waals surface area contributed by atoms with Gasteiger partial charge in [0.05, 0.1) is 16.6 Å². The van der Waals surface area contributed by atoms with Crippen molar-refractivity contribution < 1.29 is 31.9 Å². The molecule has 0 saturated carbocycles. The second-order valence-electron chi connectivity index (χ2n) is 7.70. The third-order valence-corrected chi connectivity index (χ3v) is 6.56. The van der Waals surface area contributed by atoms with E-state index in [1.807, 2.05) is 6.92 Å². The van der Waals surface area contributed by atoms with Gasteiger partial charge >= 0.3 is 5.97 Å². The van der Waals surface area contributed by atoms with Gasteiger partial charge in [0.2, 0.25) is 15.7 Å². The first-order valence-electron chi connectivity index (χ1n) is 10.8. The van der Waals surface area contributed by atoms with Crippen LogP contribution in [0.5, 0.6) is 0 Å². The lowest BCUT2D eigenvalue weighted by Crippen LogP contribution is -2.27. The predicted octanol–water partition coefficient (Wildman–Crippen LogP) is 3.23. The summed E-state index contributed by atoms with van der Waals surface area (Å²) < 4.78 is 46.9. The van der Waals surface area contributed by atoms with E-state index in [2.05, 4.69) is 15.0 Å². The van der Waals surface area contributed by atoms with Crippen molar-refractivity contribution in [3.8, 4) is 11.3 Å². The molecule has 182 valence electrons. The molecule has 1 aromatic carbocycles. The zero-order chi connectivity index (χ0) is 24.9. The molecular weight excluding hydrogens is 465 g/mol. The molecule has 34 heavy (non-hydrogen) atoms. The number of nitrogens with zero attached hydrogens (tertiary/aromatic N) is 1. The highest BCUT2D eigenvalue weighted by atomic mass is 32.2. The van der Waals surface area contributed by atoms with Gasteiger partial charge in [-0.2, -0.15) is 0 Å².